The van der Waals surface area contributed by atoms with Crippen LogP contribution in [-0.4, -0.2) is 23.6 Å². The van der Waals surface area contributed by atoms with Crippen molar-refractivity contribution >= 4 is 17.6 Å². The monoisotopic (exact) mass is 357 g/mol. The Bertz CT molecular complexity index is 710. The van der Waals surface area contributed by atoms with Crippen LogP contribution in [-0.2, 0) is 9.59 Å². The highest BCUT2D eigenvalue weighted by molar-refractivity contribution is 5.90. The van der Waals surface area contributed by atoms with Gasteiger partial charge in [0.05, 0.1) is 6.61 Å². The molecule has 138 valence electrons. The average Bonchev–Trinajstić information content (AvgIpc) is 2.62. The normalized spacial score (nSPS) is 10.2. The van der Waals surface area contributed by atoms with E-state index < -0.39 is 5.97 Å². The van der Waals surface area contributed by atoms with Gasteiger partial charge in [0, 0.05) is 18.5 Å². The molecule has 6 nitrogen and oxygen atoms in total. The summed E-state index contributed by atoms with van der Waals surface area (Å²) in [5.74, 6) is 1.18. The lowest BCUT2D eigenvalue weighted by Crippen LogP contribution is -2.11. The number of hydrogen-bond donors (Lipinski definition) is 2. The molecule has 0 saturated carbocycles. The number of carboxylic acids is 1. The fourth-order valence-corrected chi connectivity index (χ4v) is 2.30. The summed E-state index contributed by atoms with van der Waals surface area (Å²) in [6, 6.07) is 14.4. The molecule has 0 spiro atoms. The first-order valence-corrected chi connectivity index (χ1v) is 8.59. The van der Waals surface area contributed by atoms with Crippen molar-refractivity contribution in [2.24, 2.45) is 0 Å². The summed E-state index contributed by atoms with van der Waals surface area (Å²) in [4.78, 5) is 22.2. The third-order valence-corrected chi connectivity index (χ3v) is 3.55. The van der Waals surface area contributed by atoms with E-state index in [1.54, 1.807) is 24.3 Å². The lowest BCUT2D eigenvalue weighted by Gasteiger charge is -2.09. The van der Waals surface area contributed by atoms with Crippen LogP contribution in [0.5, 0.6) is 17.2 Å². The summed E-state index contributed by atoms with van der Waals surface area (Å²) >= 11 is 0. The van der Waals surface area contributed by atoms with Crippen molar-refractivity contribution in [2.45, 2.75) is 32.6 Å². The molecule has 0 aromatic heterocycles. The maximum atomic E-state index is 11.8. The number of amides is 1. The van der Waals surface area contributed by atoms with Crippen LogP contribution >= 0.6 is 0 Å². The highest BCUT2D eigenvalue weighted by Crippen LogP contribution is 2.25. The van der Waals surface area contributed by atoms with E-state index in [2.05, 4.69) is 5.32 Å². The summed E-state index contributed by atoms with van der Waals surface area (Å²) in [5, 5.41) is 11.3. The summed E-state index contributed by atoms with van der Waals surface area (Å²) < 4.78 is 11.1. The molecule has 0 atom stereocenters. The Balaban J connectivity index is 1.80. The van der Waals surface area contributed by atoms with E-state index in [-0.39, 0.29) is 12.3 Å². The number of ether oxygens (including phenoxy) is 2. The zero-order valence-corrected chi connectivity index (χ0v) is 14.7. The smallest absolute Gasteiger partial charge is 0.303 e. The highest BCUT2D eigenvalue weighted by atomic mass is 16.5. The van der Waals surface area contributed by atoms with E-state index in [9.17, 15) is 9.59 Å². The number of carbonyl (C=O) groups is 2. The Hall–Kier alpha value is -3.02. The first-order valence-electron chi connectivity index (χ1n) is 8.59. The average molecular weight is 357 g/mol. The van der Waals surface area contributed by atoms with Gasteiger partial charge in [-0.25, -0.2) is 0 Å². The molecule has 0 aliphatic carbocycles. The van der Waals surface area contributed by atoms with Gasteiger partial charge in [-0.15, -0.1) is 0 Å². The van der Waals surface area contributed by atoms with Gasteiger partial charge < -0.3 is 19.9 Å². The predicted octanol–water partition coefficient (Wildman–Crippen LogP) is 4.46. The summed E-state index contributed by atoms with van der Waals surface area (Å²) in [5.41, 5.74) is 0.673. The van der Waals surface area contributed by atoms with Gasteiger partial charge in [-0.05, 0) is 68.3 Å². The molecule has 26 heavy (non-hydrogen) atoms. The molecule has 0 unspecified atom stereocenters. The number of carbonyl (C=O) groups excluding carboxylic acids is 1. The predicted molar refractivity (Wildman–Crippen MR) is 98.9 cm³/mol. The summed E-state index contributed by atoms with van der Waals surface area (Å²) in [6.07, 6.45) is 1.44. The number of hydrogen-bond acceptors (Lipinski definition) is 4. The quantitative estimate of drug-likeness (QED) is 0.613. The molecule has 0 radical (unpaired) electrons. The Morgan fingerprint density at radius 1 is 0.885 bits per heavy atom. The minimum Gasteiger partial charge on any atom is -0.494 e. The molecule has 6 heteroatoms. The van der Waals surface area contributed by atoms with Crippen molar-refractivity contribution in [3.05, 3.63) is 48.5 Å². The zero-order chi connectivity index (χ0) is 18.8. The van der Waals surface area contributed by atoms with Gasteiger partial charge in [-0.3, -0.25) is 9.59 Å². The first kappa shape index (κ1) is 19.3. The number of anilines is 1. The van der Waals surface area contributed by atoms with Crippen molar-refractivity contribution in [2.75, 3.05) is 11.9 Å². The topological polar surface area (TPSA) is 84.9 Å². The molecule has 0 fully saturated rings. The van der Waals surface area contributed by atoms with Crippen LogP contribution in [0.3, 0.4) is 0 Å². The lowest BCUT2D eigenvalue weighted by atomic mass is 10.2. The van der Waals surface area contributed by atoms with Crippen LogP contribution in [0.1, 0.15) is 32.6 Å². The third kappa shape index (κ3) is 6.84. The van der Waals surface area contributed by atoms with E-state index in [1.165, 1.54) is 0 Å². The van der Waals surface area contributed by atoms with Gasteiger partial charge in [0.1, 0.15) is 17.2 Å². The molecule has 0 bridgehead atoms. The Morgan fingerprint density at radius 2 is 1.42 bits per heavy atom. The standard InChI is InChI=1S/C20H23NO5/c1-2-25-16-11-13-18(14-12-16)26-17-9-7-15(8-10-17)21-19(22)5-3-4-6-20(23)24/h7-14H,2-6H2,1H3,(H,21,22)(H,23,24). The Labute approximate surface area is 152 Å². The number of rotatable bonds is 10. The van der Waals surface area contributed by atoms with Crippen LogP contribution in [0.2, 0.25) is 0 Å². The van der Waals surface area contributed by atoms with Crippen LogP contribution in [0.15, 0.2) is 48.5 Å². The molecule has 0 aliphatic heterocycles. The number of nitrogens with one attached hydrogen (secondary N) is 1. The number of carboxylic acid groups (broad SMARTS) is 1. The molecule has 1 amide bonds. The Morgan fingerprint density at radius 3 is 2.00 bits per heavy atom. The molecule has 0 heterocycles. The second-order valence-corrected chi connectivity index (χ2v) is 5.68. The van der Waals surface area contributed by atoms with Crippen LogP contribution in [0.4, 0.5) is 5.69 Å². The molecule has 2 aromatic carbocycles. The van der Waals surface area contributed by atoms with Gasteiger partial charge in [0.25, 0.3) is 0 Å². The third-order valence-electron chi connectivity index (χ3n) is 3.55. The van der Waals surface area contributed by atoms with E-state index in [4.69, 9.17) is 14.6 Å². The molecule has 2 rings (SSSR count). The van der Waals surface area contributed by atoms with Crippen LogP contribution in [0.25, 0.3) is 0 Å². The van der Waals surface area contributed by atoms with Crippen molar-refractivity contribution in [3.8, 4) is 17.2 Å². The minimum absolute atomic E-state index is 0.0882. The fraction of sp³-hybridized carbons (Fsp3) is 0.300. The van der Waals surface area contributed by atoms with Gasteiger partial charge in [0.15, 0.2) is 0 Å². The SMILES string of the molecule is CCOc1ccc(Oc2ccc(NC(=O)CCCCC(=O)O)cc2)cc1. The van der Waals surface area contributed by atoms with Crippen LogP contribution < -0.4 is 14.8 Å². The van der Waals surface area contributed by atoms with Crippen molar-refractivity contribution in [1.29, 1.82) is 0 Å². The van der Waals surface area contributed by atoms with Crippen molar-refractivity contribution in [3.63, 3.8) is 0 Å². The second kappa shape index (κ2) is 10.1. The molecular formula is C20H23NO5. The molecule has 2 N–H and O–H groups in total. The van der Waals surface area contributed by atoms with E-state index in [0.717, 1.165) is 5.75 Å². The van der Waals surface area contributed by atoms with E-state index in [1.807, 2.05) is 31.2 Å². The molecule has 0 saturated heterocycles. The molecule has 2 aromatic rings. The largest absolute Gasteiger partial charge is 0.494 e. The van der Waals surface area contributed by atoms with Gasteiger partial charge >= 0.3 is 5.97 Å². The number of aliphatic carboxylic acids is 1. The van der Waals surface area contributed by atoms with Gasteiger partial charge in [0.2, 0.25) is 5.91 Å². The minimum atomic E-state index is -0.839. The number of benzene rings is 2. The maximum absolute atomic E-state index is 11.8. The Kier molecular flexibility index (Phi) is 7.49. The van der Waals surface area contributed by atoms with Crippen LogP contribution in [0, 0.1) is 0 Å². The zero-order valence-electron chi connectivity index (χ0n) is 14.7. The van der Waals surface area contributed by atoms with Gasteiger partial charge in [-0.1, -0.05) is 0 Å². The number of unbranched alkanes of at least 4 members (excludes halogenated alkanes) is 1. The fourth-order valence-electron chi connectivity index (χ4n) is 2.30. The maximum Gasteiger partial charge on any atom is 0.303 e. The second-order valence-electron chi connectivity index (χ2n) is 5.68. The van der Waals surface area contributed by atoms with Crippen molar-refractivity contribution < 1.29 is 24.2 Å². The van der Waals surface area contributed by atoms with Gasteiger partial charge in [-0.2, -0.15) is 0 Å². The molecule has 0 aliphatic rings. The summed E-state index contributed by atoms with van der Waals surface area (Å²) in [7, 11) is 0. The highest BCUT2D eigenvalue weighted by Gasteiger charge is 2.05. The summed E-state index contributed by atoms with van der Waals surface area (Å²) in [6.45, 7) is 2.55. The molecular weight excluding hydrogens is 334 g/mol. The van der Waals surface area contributed by atoms with E-state index in [0.29, 0.717) is 43.1 Å². The van der Waals surface area contributed by atoms with Crippen molar-refractivity contribution in [1.82, 2.24) is 0 Å². The lowest BCUT2D eigenvalue weighted by molar-refractivity contribution is -0.137. The first-order chi connectivity index (χ1) is 12.6. The van der Waals surface area contributed by atoms with E-state index >= 15 is 0 Å².